The van der Waals surface area contributed by atoms with E-state index in [9.17, 15) is 15.0 Å². The third-order valence-corrected chi connectivity index (χ3v) is 1.95. The standard InChI is InChI=1S/C10H12O5/c1-14-7-4-3-6(5-8(7)15-2)9(11)10(12)13/h3-5,9,11H,1-2H3,(H,12,13)/p-1. The van der Waals surface area contributed by atoms with Crippen molar-refractivity contribution in [1.82, 2.24) is 0 Å². The fourth-order valence-corrected chi connectivity index (χ4v) is 1.16. The molecule has 82 valence electrons. The molecule has 0 aliphatic heterocycles. The molecule has 0 saturated carbocycles. The number of carbonyl (C=O) groups is 1. The van der Waals surface area contributed by atoms with Gasteiger partial charge in [0.15, 0.2) is 11.5 Å². The van der Waals surface area contributed by atoms with Crippen LogP contribution in [0.2, 0.25) is 0 Å². The average molecular weight is 211 g/mol. The second kappa shape index (κ2) is 4.65. The third-order valence-electron chi connectivity index (χ3n) is 1.95. The van der Waals surface area contributed by atoms with Crippen LogP contribution in [-0.2, 0) is 4.79 Å². The normalized spacial score (nSPS) is 11.9. The van der Waals surface area contributed by atoms with Crippen molar-refractivity contribution in [1.29, 1.82) is 0 Å². The van der Waals surface area contributed by atoms with E-state index in [1.165, 1.54) is 32.4 Å². The minimum Gasteiger partial charge on any atom is -0.547 e. The van der Waals surface area contributed by atoms with E-state index in [1.54, 1.807) is 0 Å². The van der Waals surface area contributed by atoms with Crippen LogP contribution in [0.1, 0.15) is 11.7 Å². The van der Waals surface area contributed by atoms with Gasteiger partial charge < -0.3 is 24.5 Å². The molecule has 0 radical (unpaired) electrons. The minimum absolute atomic E-state index is 0.188. The smallest absolute Gasteiger partial charge is 0.161 e. The molecule has 0 bridgehead atoms. The van der Waals surface area contributed by atoms with E-state index in [4.69, 9.17) is 9.47 Å². The van der Waals surface area contributed by atoms with Crippen molar-refractivity contribution in [3.63, 3.8) is 0 Å². The molecule has 0 spiro atoms. The molecule has 5 nitrogen and oxygen atoms in total. The number of hydrogen-bond acceptors (Lipinski definition) is 5. The van der Waals surface area contributed by atoms with Crippen molar-refractivity contribution in [2.45, 2.75) is 6.10 Å². The molecule has 0 heterocycles. The van der Waals surface area contributed by atoms with E-state index >= 15 is 0 Å². The Labute approximate surface area is 86.9 Å². The largest absolute Gasteiger partial charge is 0.547 e. The summed E-state index contributed by atoms with van der Waals surface area (Å²) in [5.74, 6) is -0.732. The molecular weight excluding hydrogens is 200 g/mol. The fourth-order valence-electron chi connectivity index (χ4n) is 1.16. The molecule has 1 aromatic rings. The molecule has 15 heavy (non-hydrogen) atoms. The Morgan fingerprint density at radius 3 is 2.40 bits per heavy atom. The van der Waals surface area contributed by atoms with E-state index < -0.39 is 12.1 Å². The summed E-state index contributed by atoms with van der Waals surface area (Å²) >= 11 is 0. The molecule has 0 saturated heterocycles. The predicted molar refractivity (Wildman–Crippen MR) is 49.5 cm³/mol. The van der Waals surface area contributed by atoms with Gasteiger partial charge in [0.05, 0.1) is 20.2 Å². The monoisotopic (exact) mass is 211 g/mol. The Balaban J connectivity index is 3.07. The maximum Gasteiger partial charge on any atom is 0.161 e. The number of carboxylic acid groups (broad SMARTS) is 1. The summed E-state index contributed by atoms with van der Waals surface area (Å²) in [6.07, 6.45) is -1.66. The highest BCUT2D eigenvalue weighted by Crippen LogP contribution is 2.29. The summed E-state index contributed by atoms with van der Waals surface area (Å²) in [5.41, 5.74) is 0.188. The molecule has 5 heteroatoms. The van der Waals surface area contributed by atoms with E-state index in [1.807, 2.05) is 0 Å². The van der Waals surface area contributed by atoms with Crippen molar-refractivity contribution in [3.8, 4) is 11.5 Å². The number of aliphatic hydroxyl groups excluding tert-OH is 1. The Bertz CT molecular complexity index is 361. The number of benzene rings is 1. The van der Waals surface area contributed by atoms with Crippen LogP contribution in [-0.4, -0.2) is 25.3 Å². The van der Waals surface area contributed by atoms with Crippen LogP contribution in [0, 0.1) is 0 Å². The third kappa shape index (κ3) is 2.38. The van der Waals surface area contributed by atoms with E-state index in [0.717, 1.165) is 0 Å². The molecule has 1 aromatic carbocycles. The number of rotatable bonds is 4. The van der Waals surface area contributed by atoms with Crippen molar-refractivity contribution < 1.29 is 24.5 Å². The van der Waals surface area contributed by atoms with Crippen LogP contribution in [0.25, 0.3) is 0 Å². The van der Waals surface area contributed by atoms with Crippen LogP contribution in [0.3, 0.4) is 0 Å². The summed E-state index contributed by atoms with van der Waals surface area (Å²) in [5, 5.41) is 19.6. The summed E-state index contributed by atoms with van der Waals surface area (Å²) < 4.78 is 9.92. The Morgan fingerprint density at radius 1 is 1.33 bits per heavy atom. The molecule has 1 atom stereocenters. The van der Waals surface area contributed by atoms with Gasteiger partial charge in [0.1, 0.15) is 6.10 Å². The topological polar surface area (TPSA) is 78.8 Å². The summed E-state index contributed by atoms with van der Waals surface area (Å²) in [4.78, 5) is 10.4. The Kier molecular flexibility index (Phi) is 3.51. The first kappa shape index (κ1) is 11.3. The lowest BCUT2D eigenvalue weighted by Crippen LogP contribution is -2.29. The van der Waals surface area contributed by atoms with Crippen LogP contribution < -0.4 is 14.6 Å². The number of hydrogen-bond donors (Lipinski definition) is 1. The molecule has 1 unspecified atom stereocenters. The first-order chi connectivity index (χ1) is 7.10. The van der Waals surface area contributed by atoms with Gasteiger partial charge in [-0.1, -0.05) is 6.07 Å². The highest BCUT2D eigenvalue weighted by atomic mass is 16.5. The van der Waals surface area contributed by atoms with Gasteiger partial charge in [-0.2, -0.15) is 0 Å². The Morgan fingerprint density at radius 2 is 1.93 bits per heavy atom. The second-order valence-corrected chi connectivity index (χ2v) is 2.84. The van der Waals surface area contributed by atoms with Gasteiger partial charge in [-0.3, -0.25) is 0 Å². The zero-order chi connectivity index (χ0) is 11.4. The second-order valence-electron chi connectivity index (χ2n) is 2.84. The fraction of sp³-hybridized carbons (Fsp3) is 0.300. The maximum absolute atomic E-state index is 10.4. The molecule has 0 amide bonds. The minimum atomic E-state index is -1.66. The zero-order valence-electron chi connectivity index (χ0n) is 8.39. The molecule has 0 aliphatic rings. The van der Waals surface area contributed by atoms with Crippen molar-refractivity contribution in [3.05, 3.63) is 23.8 Å². The van der Waals surface area contributed by atoms with Gasteiger partial charge in [-0.05, 0) is 17.7 Å². The van der Waals surface area contributed by atoms with Crippen LogP contribution in [0.4, 0.5) is 0 Å². The van der Waals surface area contributed by atoms with Crippen LogP contribution in [0.5, 0.6) is 11.5 Å². The lowest BCUT2D eigenvalue weighted by Gasteiger charge is -2.14. The molecule has 0 aliphatic carbocycles. The highest BCUT2D eigenvalue weighted by Gasteiger charge is 2.11. The number of carboxylic acids is 1. The quantitative estimate of drug-likeness (QED) is 0.725. The van der Waals surface area contributed by atoms with Gasteiger partial charge in [-0.25, -0.2) is 0 Å². The van der Waals surface area contributed by atoms with Crippen molar-refractivity contribution >= 4 is 5.97 Å². The van der Waals surface area contributed by atoms with Gasteiger partial charge in [0.2, 0.25) is 0 Å². The molecule has 0 fully saturated rings. The molecule has 0 aromatic heterocycles. The van der Waals surface area contributed by atoms with Gasteiger partial charge in [0.25, 0.3) is 0 Å². The summed E-state index contributed by atoms with van der Waals surface area (Å²) in [6.45, 7) is 0. The van der Waals surface area contributed by atoms with Gasteiger partial charge >= 0.3 is 0 Å². The van der Waals surface area contributed by atoms with Crippen molar-refractivity contribution in [2.24, 2.45) is 0 Å². The van der Waals surface area contributed by atoms with E-state index in [2.05, 4.69) is 0 Å². The number of carbonyl (C=O) groups excluding carboxylic acids is 1. The number of aliphatic hydroxyl groups is 1. The molecule has 1 rings (SSSR count). The number of ether oxygens (including phenoxy) is 2. The number of methoxy groups -OCH3 is 2. The van der Waals surface area contributed by atoms with Gasteiger partial charge in [-0.15, -0.1) is 0 Å². The van der Waals surface area contributed by atoms with Crippen LogP contribution in [0.15, 0.2) is 18.2 Å². The first-order valence-electron chi connectivity index (χ1n) is 4.21. The van der Waals surface area contributed by atoms with Crippen LogP contribution >= 0.6 is 0 Å². The molecule has 1 N–H and O–H groups in total. The lowest BCUT2D eigenvalue weighted by molar-refractivity contribution is -0.315. The van der Waals surface area contributed by atoms with Gasteiger partial charge in [0, 0.05) is 0 Å². The SMILES string of the molecule is COc1ccc(C(O)C(=O)[O-])cc1OC. The Hall–Kier alpha value is -1.75. The predicted octanol–water partition coefficient (Wildman–Crippen LogP) is -0.513. The van der Waals surface area contributed by atoms with E-state index in [-0.39, 0.29) is 5.56 Å². The molecular formula is C10H11O5-. The summed E-state index contributed by atoms with van der Waals surface area (Å²) in [7, 11) is 2.89. The van der Waals surface area contributed by atoms with E-state index in [0.29, 0.717) is 11.5 Å². The van der Waals surface area contributed by atoms with Crippen molar-refractivity contribution in [2.75, 3.05) is 14.2 Å². The highest BCUT2D eigenvalue weighted by molar-refractivity contribution is 5.72. The number of aliphatic carboxylic acids is 1. The zero-order valence-corrected chi connectivity index (χ0v) is 8.39. The average Bonchev–Trinajstić information content (AvgIpc) is 2.26. The summed E-state index contributed by atoms with van der Waals surface area (Å²) in [6, 6.07) is 4.33. The maximum atomic E-state index is 10.4. The first-order valence-corrected chi connectivity index (χ1v) is 4.21. The lowest BCUT2D eigenvalue weighted by atomic mass is 10.1.